The van der Waals surface area contributed by atoms with Crippen molar-refractivity contribution in [1.29, 1.82) is 0 Å². The van der Waals surface area contributed by atoms with Crippen molar-refractivity contribution in [3.8, 4) is 0 Å². The third-order valence-corrected chi connectivity index (χ3v) is 3.07. The highest BCUT2D eigenvalue weighted by atomic mass is 16.2. The van der Waals surface area contributed by atoms with E-state index in [0.29, 0.717) is 0 Å². The number of urea groups is 1. The minimum Gasteiger partial charge on any atom is -0.313 e. The van der Waals surface area contributed by atoms with Gasteiger partial charge in [0.1, 0.15) is 0 Å². The molecule has 0 aliphatic heterocycles. The first kappa shape index (κ1) is 15.1. The van der Waals surface area contributed by atoms with Crippen molar-refractivity contribution in [1.82, 2.24) is 5.32 Å². The Balaban J connectivity index is 1.90. The summed E-state index contributed by atoms with van der Waals surface area (Å²) < 4.78 is 0. The van der Waals surface area contributed by atoms with Gasteiger partial charge >= 0.3 is 6.03 Å². The predicted molar refractivity (Wildman–Crippen MR) is 87.6 cm³/mol. The Hall–Kier alpha value is -2.33. The molecular formula is C17H21N3O. The largest absolute Gasteiger partial charge is 0.323 e. The number of carbonyl (C=O) groups is 1. The molecule has 0 aliphatic rings. The topological polar surface area (TPSA) is 53.2 Å². The van der Waals surface area contributed by atoms with Crippen LogP contribution in [0.3, 0.4) is 0 Å². The van der Waals surface area contributed by atoms with E-state index in [4.69, 9.17) is 0 Å². The first-order valence-corrected chi connectivity index (χ1v) is 7.11. The second kappa shape index (κ2) is 7.45. The minimum absolute atomic E-state index is 0.236. The van der Waals surface area contributed by atoms with Crippen molar-refractivity contribution < 1.29 is 4.79 Å². The number of rotatable bonds is 5. The predicted octanol–water partition coefficient (Wildman–Crippen LogP) is 3.75. The number of nitrogens with one attached hydrogen (secondary N) is 3. The molecule has 0 spiro atoms. The smallest absolute Gasteiger partial charge is 0.313 e. The fourth-order valence-electron chi connectivity index (χ4n) is 1.99. The van der Waals surface area contributed by atoms with Gasteiger partial charge in [-0.25, -0.2) is 4.79 Å². The summed E-state index contributed by atoms with van der Waals surface area (Å²) in [5.41, 5.74) is 3.87. The first-order valence-electron chi connectivity index (χ1n) is 7.11. The molecule has 0 aliphatic carbocycles. The van der Waals surface area contributed by atoms with Gasteiger partial charge in [-0.15, -0.1) is 0 Å². The van der Waals surface area contributed by atoms with Gasteiger partial charge in [-0.1, -0.05) is 31.2 Å². The molecule has 110 valence electrons. The van der Waals surface area contributed by atoms with E-state index < -0.39 is 0 Å². The fourth-order valence-corrected chi connectivity index (χ4v) is 1.99. The van der Waals surface area contributed by atoms with Crippen LogP contribution in [0.15, 0.2) is 48.5 Å². The third kappa shape index (κ3) is 4.93. The molecule has 4 heteroatoms. The number of carbonyl (C=O) groups excluding carboxylic acids is 1. The monoisotopic (exact) mass is 283 g/mol. The zero-order valence-electron chi connectivity index (χ0n) is 12.4. The van der Waals surface area contributed by atoms with Gasteiger partial charge in [0.25, 0.3) is 0 Å². The summed E-state index contributed by atoms with van der Waals surface area (Å²) in [6.07, 6.45) is 0. The molecule has 0 atom stereocenters. The molecule has 0 aromatic heterocycles. The Morgan fingerprint density at radius 1 is 1.00 bits per heavy atom. The molecular weight excluding hydrogens is 262 g/mol. The highest BCUT2D eigenvalue weighted by Gasteiger charge is 2.02. The summed E-state index contributed by atoms with van der Waals surface area (Å²) in [6.45, 7) is 5.85. The zero-order valence-corrected chi connectivity index (χ0v) is 12.4. The van der Waals surface area contributed by atoms with Gasteiger partial charge < -0.3 is 16.0 Å². The molecule has 2 aromatic carbocycles. The highest BCUT2D eigenvalue weighted by molar-refractivity contribution is 5.99. The van der Waals surface area contributed by atoms with E-state index in [0.717, 1.165) is 30.0 Å². The summed E-state index contributed by atoms with van der Waals surface area (Å²) >= 11 is 0. The van der Waals surface area contributed by atoms with Crippen molar-refractivity contribution in [3.63, 3.8) is 0 Å². The summed E-state index contributed by atoms with van der Waals surface area (Å²) in [5.74, 6) is 0. The third-order valence-electron chi connectivity index (χ3n) is 3.07. The van der Waals surface area contributed by atoms with Gasteiger partial charge in [-0.2, -0.15) is 0 Å². The van der Waals surface area contributed by atoms with E-state index in [1.165, 1.54) is 5.56 Å². The average Bonchev–Trinajstić information content (AvgIpc) is 2.46. The van der Waals surface area contributed by atoms with Crippen LogP contribution in [0.4, 0.5) is 16.2 Å². The van der Waals surface area contributed by atoms with Crippen molar-refractivity contribution >= 4 is 17.4 Å². The first-order chi connectivity index (χ1) is 10.2. The van der Waals surface area contributed by atoms with Crippen molar-refractivity contribution in [3.05, 3.63) is 59.7 Å². The Kier molecular flexibility index (Phi) is 5.35. The van der Waals surface area contributed by atoms with Crippen LogP contribution in [-0.4, -0.2) is 12.6 Å². The number of aryl methyl sites for hydroxylation is 1. The van der Waals surface area contributed by atoms with Crippen LogP contribution >= 0.6 is 0 Å². The minimum atomic E-state index is -0.236. The van der Waals surface area contributed by atoms with Gasteiger partial charge in [0.2, 0.25) is 0 Å². The molecule has 0 saturated carbocycles. The van der Waals surface area contributed by atoms with Gasteiger partial charge in [0.05, 0.1) is 0 Å². The Labute approximate surface area is 125 Å². The van der Waals surface area contributed by atoms with Crippen LogP contribution in [0.2, 0.25) is 0 Å². The highest BCUT2D eigenvalue weighted by Crippen LogP contribution is 2.12. The molecule has 0 heterocycles. The lowest BCUT2D eigenvalue weighted by molar-refractivity contribution is 0.262. The molecule has 0 fully saturated rings. The van der Waals surface area contributed by atoms with Crippen LogP contribution in [0.25, 0.3) is 0 Å². The molecule has 0 radical (unpaired) electrons. The van der Waals surface area contributed by atoms with Crippen molar-refractivity contribution in [2.24, 2.45) is 0 Å². The van der Waals surface area contributed by atoms with Crippen LogP contribution in [0.5, 0.6) is 0 Å². The Bertz CT molecular complexity index is 593. The second-order valence-electron chi connectivity index (χ2n) is 4.93. The molecule has 3 N–H and O–H groups in total. The van der Waals surface area contributed by atoms with Crippen LogP contribution < -0.4 is 16.0 Å². The summed E-state index contributed by atoms with van der Waals surface area (Å²) in [6, 6.07) is 15.3. The average molecular weight is 283 g/mol. The van der Waals surface area contributed by atoms with Gasteiger partial charge in [0, 0.05) is 17.9 Å². The normalized spacial score (nSPS) is 10.2. The molecule has 4 nitrogen and oxygen atoms in total. The molecule has 0 unspecified atom stereocenters. The summed E-state index contributed by atoms with van der Waals surface area (Å²) in [5, 5.41) is 8.90. The van der Waals surface area contributed by atoms with Gasteiger partial charge in [0.15, 0.2) is 0 Å². The van der Waals surface area contributed by atoms with E-state index in [-0.39, 0.29) is 6.03 Å². The maximum Gasteiger partial charge on any atom is 0.323 e. The molecule has 0 bridgehead atoms. The van der Waals surface area contributed by atoms with E-state index in [9.17, 15) is 4.79 Å². The maximum absolute atomic E-state index is 11.9. The number of benzene rings is 2. The van der Waals surface area contributed by atoms with E-state index in [1.807, 2.05) is 55.5 Å². The van der Waals surface area contributed by atoms with Crippen LogP contribution in [0.1, 0.15) is 18.1 Å². The number of amides is 2. The molecule has 0 saturated heterocycles. The van der Waals surface area contributed by atoms with E-state index in [1.54, 1.807) is 0 Å². The van der Waals surface area contributed by atoms with E-state index >= 15 is 0 Å². The fraction of sp³-hybridized carbons (Fsp3) is 0.235. The van der Waals surface area contributed by atoms with Crippen LogP contribution in [0, 0.1) is 6.92 Å². The van der Waals surface area contributed by atoms with Crippen molar-refractivity contribution in [2.45, 2.75) is 20.4 Å². The second-order valence-corrected chi connectivity index (χ2v) is 4.93. The number of anilines is 2. The lowest BCUT2D eigenvalue weighted by Crippen LogP contribution is -2.19. The SMILES string of the molecule is CCNCc1ccc(NC(=O)Nc2cccc(C)c2)cc1. The standard InChI is InChI=1S/C17H21N3O/c1-3-18-12-14-7-9-15(10-8-14)19-17(21)20-16-6-4-5-13(2)11-16/h4-11,18H,3,12H2,1-2H3,(H2,19,20,21). The van der Waals surface area contributed by atoms with Crippen molar-refractivity contribution in [2.75, 3.05) is 17.2 Å². The lowest BCUT2D eigenvalue weighted by atomic mass is 10.2. The molecule has 21 heavy (non-hydrogen) atoms. The maximum atomic E-state index is 11.9. The van der Waals surface area contributed by atoms with E-state index in [2.05, 4.69) is 22.9 Å². The number of hydrogen-bond acceptors (Lipinski definition) is 2. The van der Waals surface area contributed by atoms with Gasteiger partial charge in [-0.05, 0) is 48.9 Å². The number of hydrogen-bond donors (Lipinski definition) is 3. The van der Waals surface area contributed by atoms with Crippen LogP contribution in [-0.2, 0) is 6.54 Å². The molecule has 2 amide bonds. The summed E-state index contributed by atoms with van der Waals surface area (Å²) in [7, 11) is 0. The Morgan fingerprint density at radius 2 is 1.71 bits per heavy atom. The lowest BCUT2D eigenvalue weighted by Gasteiger charge is -2.09. The summed E-state index contributed by atoms with van der Waals surface area (Å²) in [4.78, 5) is 11.9. The zero-order chi connectivity index (χ0) is 15.1. The molecule has 2 rings (SSSR count). The molecule has 2 aromatic rings. The Morgan fingerprint density at radius 3 is 2.38 bits per heavy atom. The van der Waals surface area contributed by atoms with Gasteiger partial charge in [-0.3, -0.25) is 0 Å². The quantitative estimate of drug-likeness (QED) is 0.782.